The molecule has 6 nitrogen and oxygen atoms in total. The van der Waals surface area contributed by atoms with Gasteiger partial charge in [0.05, 0.1) is 17.7 Å². The van der Waals surface area contributed by atoms with Crippen molar-refractivity contribution in [3.63, 3.8) is 0 Å². The standard InChI is InChI=1S/C33H42N2O4/c1-5-33(6-2,32(37)38)19-20-34-29-13-7-11-26(23-29)15-17-28-12-8-14-31(35-28)39-21-9-10-24(3)27-16-18-30(36)25(4)22-27/h7-8,11-18,22-24,34,36H,5-6,9-10,19-21H2,1-4H3,(H,37,38). The van der Waals surface area contributed by atoms with E-state index < -0.39 is 11.4 Å². The molecule has 39 heavy (non-hydrogen) atoms. The summed E-state index contributed by atoms with van der Waals surface area (Å²) in [6.07, 6.45) is 7.70. The van der Waals surface area contributed by atoms with Gasteiger partial charge in [-0.3, -0.25) is 4.79 Å². The van der Waals surface area contributed by atoms with Gasteiger partial charge in [0.15, 0.2) is 0 Å². The number of pyridine rings is 1. The Labute approximate surface area is 232 Å². The first-order valence-electron chi connectivity index (χ1n) is 13.9. The summed E-state index contributed by atoms with van der Waals surface area (Å²) < 4.78 is 5.92. The molecule has 0 bridgehead atoms. The second-order valence-electron chi connectivity index (χ2n) is 10.3. The Morgan fingerprint density at radius 2 is 1.85 bits per heavy atom. The van der Waals surface area contributed by atoms with E-state index in [1.165, 1.54) is 5.56 Å². The summed E-state index contributed by atoms with van der Waals surface area (Å²) in [5.74, 6) is 0.609. The zero-order chi connectivity index (χ0) is 28.3. The van der Waals surface area contributed by atoms with Gasteiger partial charge in [-0.25, -0.2) is 4.98 Å². The van der Waals surface area contributed by atoms with Gasteiger partial charge in [0, 0.05) is 18.3 Å². The number of anilines is 1. The number of aromatic nitrogens is 1. The minimum atomic E-state index is -0.719. The van der Waals surface area contributed by atoms with Crippen LogP contribution in [0.4, 0.5) is 5.69 Å². The molecule has 0 aliphatic heterocycles. The van der Waals surface area contributed by atoms with Crippen LogP contribution in [0.3, 0.4) is 0 Å². The van der Waals surface area contributed by atoms with E-state index in [1.807, 2.05) is 87.5 Å². The molecule has 1 atom stereocenters. The fraction of sp³-hybridized carbons (Fsp3) is 0.394. The highest BCUT2D eigenvalue weighted by molar-refractivity contribution is 5.74. The van der Waals surface area contributed by atoms with E-state index in [2.05, 4.69) is 17.2 Å². The third kappa shape index (κ3) is 8.60. The molecule has 0 aliphatic carbocycles. The van der Waals surface area contributed by atoms with Crippen LogP contribution in [0.25, 0.3) is 12.2 Å². The predicted molar refractivity (Wildman–Crippen MR) is 159 cm³/mol. The number of benzene rings is 2. The number of nitrogens with zero attached hydrogens (tertiary/aromatic N) is 1. The number of aryl methyl sites for hydroxylation is 1. The first-order valence-corrected chi connectivity index (χ1v) is 13.9. The number of nitrogens with one attached hydrogen (secondary N) is 1. The van der Waals surface area contributed by atoms with Crippen LogP contribution in [0.15, 0.2) is 60.7 Å². The van der Waals surface area contributed by atoms with E-state index in [0.29, 0.717) is 50.0 Å². The monoisotopic (exact) mass is 530 g/mol. The maximum absolute atomic E-state index is 11.7. The Hall–Kier alpha value is -3.80. The molecule has 0 amide bonds. The summed E-state index contributed by atoms with van der Waals surface area (Å²) in [7, 11) is 0. The van der Waals surface area contributed by atoms with E-state index in [-0.39, 0.29) is 0 Å². The van der Waals surface area contributed by atoms with Gasteiger partial charge in [-0.2, -0.15) is 0 Å². The molecule has 6 heteroatoms. The van der Waals surface area contributed by atoms with Crippen molar-refractivity contribution < 1.29 is 19.7 Å². The highest BCUT2D eigenvalue weighted by Crippen LogP contribution is 2.31. The first-order chi connectivity index (χ1) is 18.8. The third-order valence-electron chi connectivity index (χ3n) is 7.64. The number of hydrogen-bond acceptors (Lipinski definition) is 5. The lowest BCUT2D eigenvalue weighted by atomic mass is 9.79. The van der Waals surface area contributed by atoms with Gasteiger partial charge in [-0.15, -0.1) is 0 Å². The number of aromatic hydroxyl groups is 1. The summed E-state index contributed by atoms with van der Waals surface area (Å²) in [5, 5.41) is 22.8. The molecule has 0 saturated carbocycles. The van der Waals surface area contributed by atoms with Crippen LogP contribution in [-0.4, -0.2) is 34.3 Å². The van der Waals surface area contributed by atoms with Gasteiger partial charge in [0.2, 0.25) is 5.88 Å². The lowest BCUT2D eigenvalue weighted by molar-refractivity contribution is -0.149. The largest absolute Gasteiger partial charge is 0.508 e. The van der Waals surface area contributed by atoms with Crippen molar-refractivity contribution in [1.82, 2.24) is 4.98 Å². The van der Waals surface area contributed by atoms with Gasteiger partial charge in [-0.05, 0) is 92.0 Å². The third-order valence-corrected chi connectivity index (χ3v) is 7.64. The lowest BCUT2D eigenvalue weighted by Gasteiger charge is -2.26. The van der Waals surface area contributed by atoms with E-state index >= 15 is 0 Å². The summed E-state index contributed by atoms with van der Waals surface area (Å²) in [6, 6.07) is 19.6. The molecule has 0 saturated heterocycles. The van der Waals surface area contributed by atoms with Crippen molar-refractivity contribution in [3.8, 4) is 11.6 Å². The number of ether oxygens (including phenoxy) is 1. The van der Waals surface area contributed by atoms with Gasteiger partial charge >= 0.3 is 5.97 Å². The lowest BCUT2D eigenvalue weighted by Crippen LogP contribution is -2.31. The molecular weight excluding hydrogens is 488 g/mol. The van der Waals surface area contributed by atoms with Crippen LogP contribution in [-0.2, 0) is 4.79 Å². The Kier molecular flexibility index (Phi) is 11.0. The number of phenols is 1. The summed E-state index contributed by atoms with van der Waals surface area (Å²) in [5.41, 5.74) is 4.26. The van der Waals surface area contributed by atoms with Crippen LogP contribution in [0.5, 0.6) is 11.6 Å². The Morgan fingerprint density at radius 1 is 1.08 bits per heavy atom. The van der Waals surface area contributed by atoms with Crippen LogP contribution in [0.1, 0.15) is 81.2 Å². The molecule has 0 fully saturated rings. The van der Waals surface area contributed by atoms with Crippen molar-refractivity contribution in [1.29, 1.82) is 0 Å². The predicted octanol–water partition coefficient (Wildman–Crippen LogP) is 7.92. The van der Waals surface area contributed by atoms with E-state index in [9.17, 15) is 15.0 Å². The second-order valence-corrected chi connectivity index (χ2v) is 10.3. The zero-order valence-corrected chi connectivity index (χ0v) is 23.6. The van der Waals surface area contributed by atoms with Gasteiger partial charge in [0.25, 0.3) is 0 Å². The number of hydrogen-bond donors (Lipinski definition) is 3. The van der Waals surface area contributed by atoms with Crippen molar-refractivity contribution in [2.75, 3.05) is 18.5 Å². The molecule has 1 aromatic heterocycles. The van der Waals surface area contributed by atoms with E-state index in [1.54, 1.807) is 6.07 Å². The molecule has 0 aliphatic rings. The topological polar surface area (TPSA) is 91.7 Å². The molecule has 3 rings (SSSR count). The van der Waals surface area contributed by atoms with E-state index in [0.717, 1.165) is 35.3 Å². The smallest absolute Gasteiger partial charge is 0.309 e. The van der Waals surface area contributed by atoms with Crippen LogP contribution >= 0.6 is 0 Å². The molecule has 1 unspecified atom stereocenters. The molecule has 208 valence electrons. The van der Waals surface area contributed by atoms with Crippen LogP contribution < -0.4 is 10.1 Å². The highest BCUT2D eigenvalue weighted by atomic mass is 16.5. The highest BCUT2D eigenvalue weighted by Gasteiger charge is 2.34. The number of carboxylic acid groups (broad SMARTS) is 1. The Balaban J connectivity index is 1.49. The average Bonchev–Trinajstić information content (AvgIpc) is 2.94. The quantitative estimate of drug-likeness (QED) is 0.173. The van der Waals surface area contributed by atoms with Gasteiger partial charge < -0.3 is 20.3 Å². The van der Waals surface area contributed by atoms with Crippen molar-refractivity contribution in [3.05, 3.63) is 83.0 Å². The normalized spacial score (nSPS) is 12.4. The van der Waals surface area contributed by atoms with Crippen molar-refractivity contribution >= 4 is 23.8 Å². The summed E-state index contributed by atoms with van der Waals surface area (Å²) >= 11 is 0. The zero-order valence-electron chi connectivity index (χ0n) is 23.6. The molecular formula is C33H42N2O4. The van der Waals surface area contributed by atoms with Crippen molar-refractivity contribution in [2.24, 2.45) is 5.41 Å². The van der Waals surface area contributed by atoms with Crippen LogP contribution in [0, 0.1) is 12.3 Å². The van der Waals surface area contributed by atoms with Crippen LogP contribution in [0.2, 0.25) is 0 Å². The second kappa shape index (κ2) is 14.4. The number of phenolic OH excluding ortho intramolecular Hbond substituents is 1. The maximum Gasteiger partial charge on any atom is 0.309 e. The summed E-state index contributed by atoms with van der Waals surface area (Å²) in [4.78, 5) is 16.3. The maximum atomic E-state index is 11.7. The number of carbonyl (C=O) groups is 1. The number of carboxylic acids is 1. The first kappa shape index (κ1) is 29.8. The van der Waals surface area contributed by atoms with E-state index in [4.69, 9.17) is 4.74 Å². The SMILES string of the molecule is CCC(CC)(CCNc1cccc(C=Cc2cccc(OCCCC(C)c3ccc(O)c(C)c3)n2)c1)C(=O)O. The van der Waals surface area contributed by atoms with Crippen molar-refractivity contribution in [2.45, 2.75) is 65.7 Å². The van der Waals surface area contributed by atoms with Gasteiger partial charge in [-0.1, -0.05) is 57.2 Å². The average molecular weight is 531 g/mol. The molecule has 0 radical (unpaired) electrons. The number of aliphatic carboxylic acids is 1. The minimum Gasteiger partial charge on any atom is -0.508 e. The molecule has 3 aromatic rings. The number of rotatable bonds is 15. The fourth-order valence-electron chi connectivity index (χ4n) is 4.72. The fourth-order valence-corrected chi connectivity index (χ4v) is 4.72. The molecule has 0 spiro atoms. The summed E-state index contributed by atoms with van der Waals surface area (Å²) in [6.45, 7) is 9.20. The Morgan fingerprint density at radius 3 is 2.56 bits per heavy atom. The molecule has 1 heterocycles. The minimum absolute atomic E-state index is 0.335. The van der Waals surface area contributed by atoms with Gasteiger partial charge in [0.1, 0.15) is 5.75 Å². The molecule has 3 N–H and O–H groups in total. The Bertz CT molecular complexity index is 1250. The molecule has 2 aromatic carbocycles.